The van der Waals surface area contributed by atoms with Crippen LogP contribution >= 0.6 is 0 Å². The summed E-state index contributed by atoms with van der Waals surface area (Å²) in [6, 6.07) is 0.543. The molecule has 2 heterocycles. The zero-order valence-corrected chi connectivity index (χ0v) is 10.8. The van der Waals surface area contributed by atoms with Gasteiger partial charge in [0, 0.05) is 0 Å². The Morgan fingerprint density at radius 3 is 1.77 bits per heavy atom. The van der Waals surface area contributed by atoms with E-state index >= 15 is 0 Å². The van der Waals surface area contributed by atoms with Crippen LogP contribution in [0.1, 0.15) is 38.5 Å². The molecule has 2 saturated heterocycles. The quantitative estimate of drug-likeness (QED) is 0.648. The van der Waals surface area contributed by atoms with Crippen molar-refractivity contribution in [2.75, 3.05) is 0 Å². The molecule has 1 nitrogen and oxygen atoms in total. The topological polar surface area (TPSA) is 26.0 Å². The molecule has 0 unspecified atom stereocenters. The average molecular weight is 242 g/mol. The third-order valence-corrected chi connectivity index (χ3v) is 16.1. The first kappa shape index (κ1) is 10.0. The van der Waals surface area contributed by atoms with E-state index in [0.29, 0.717) is 6.04 Å². The second kappa shape index (κ2) is 4.35. The van der Waals surface area contributed by atoms with E-state index in [0.717, 1.165) is 0 Å². The third-order valence-electron chi connectivity index (χ3n) is 4.23. The molecule has 1 spiro atoms. The van der Waals surface area contributed by atoms with Gasteiger partial charge in [-0.05, 0) is 0 Å². The SMILES string of the molecule is NC1CC[CH2][Ge]2([CH2]CC[CH2]2)[CH2]CC1. The number of rotatable bonds is 0. The molecule has 76 valence electrons. The maximum absolute atomic E-state index is 6.01. The van der Waals surface area contributed by atoms with Gasteiger partial charge in [0.15, 0.2) is 0 Å². The average Bonchev–Trinajstić information content (AvgIpc) is 2.51. The first-order valence-electron chi connectivity index (χ1n) is 6.06. The molecule has 2 fully saturated rings. The second-order valence-electron chi connectivity index (χ2n) is 5.25. The fourth-order valence-electron chi connectivity index (χ4n) is 3.37. The Labute approximate surface area is 84.8 Å². The fraction of sp³-hybridized carbons (Fsp3) is 1.00. The van der Waals surface area contributed by atoms with E-state index in [9.17, 15) is 0 Å². The number of hydrogen-bond donors (Lipinski definition) is 1. The van der Waals surface area contributed by atoms with E-state index in [1.807, 2.05) is 0 Å². The molecule has 0 amide bonds. The van der Waals surface area contributed by atoms with Crippen molar-refractivity contribution in [2.24, 2.45) is 5.73 Å². The summed E-state index contributed by atoms with van der Waals surface area (Å²) >= 11 is -1.20. The van der Waals surface area contributed by atoms with E-state index < -0.39 is 13.3 Å². The monoisotopic (exact) mass is 243 g/mol. The Morgan fingerprint density at radius 1 is 0.769 bits per heavy atom. The fourth-order valence-corrected chi connectivity index (χ4v) is 14.7. The summed E-state index contributed by atoms with van der Waals surface area (Å²) < 4.78 is 0. The predicted octanol–water partition coefficient (Wildman–Crippen LogP) is 3.13. The van der Waals surface area contributed by atoms with Crippen LogP contribution in [-0.2, 0) is 0 Å². The van der Waals surface area contributed by atoms with Crippen LogP contribution in [0.4, 0.5) is 0 Å². The number of hydrogen-bond acceptors (Lipinski definition) is 1. The van der Waals surface area contributed by atoms with Gasteiger partial charge in [0.05, 0.1) is 0 Å². The van der Waals surface area contributed by atoms with Gasteiger partial charge in [-0.15, -0.1) is 0 Å². The van der Waals surface area contributed by atoms with E-state index in [1.165, 1.54) is 25.7 Å². The minimum absolute atomic E-state index is 0.543. The van der Waals surface area contributed by atoms with Crippen molar-refractivity contribution in [2.45, 2.75) is 65.6 Å². The molecular weight excluding hydrogens is 219 g/mol. The van der Waals surface area contributed by atoms with Crippen LogP contribution in [0.3, 0.4) is 0 Å². The van der Waals surface area contributed by atoms with Gasteiger partial charge in [-0.3, -0.25) is 0 Å². The molecule has 2 N–H and O–H groups in total. The van der Waals surface area contributed by atoms with Gasteiger partial charge in [-0.2, -0.15) is 0 Å². The van der Waals surface area contributed by atoms with E-state index in [1.54, 1.807) is 33.9 Å². The molecule has 2 rings (SSSR count). The molecule has 0 aromatic rings. The summed E-state index contributed by atoms with van der Waals surface area (Å²) in [7, 11) is 0. The van der Waals surface area contributed by atoms with Crippen LogP contribution in [0.25, 0.3) is 0 Å². The number of nitrogens with two attached hydrogens (primary N) is 1. The molecule has 2 aliphatic heterocycles. The van der Waals surface area contributed by atoms with Gasteiger partial charge in [-0.25, -0.2) is 0 Å². The zero-order chi connectivity index (χ0) is 9.15. The van der Waals surface area contributed by atoms with Gasteiger partial charge in [-0.1, -0.05) is 0 Å². The molecule has 0 aromatic heterocycles. The van der Waals surface area contributed by atoms with Crippen molar-refractivity contribution in [3.8, 4) is 0 Å². The summed E-state index contributed by atoms with van der Waals surface area (Å²) in [6.07, 6.45) is 8.75. The summed E-state index contributed by atoms with van der Waals surface area (Å²) in [5, 5.41) is 6.73. The third kappa shape index (κ3) is 2.50. The molecule has 0 radical (unpaired) electrons. The predicted molar refractivity (Wildman–Crippen MR) is 60.7 cm³/mol. The van der Waals surface area contributed by atoms with Gasteiger partial charge in [0.2, 0.25) is 0 Å². The Bertz CT molecular complexity index is 151. The minimum atomic E-state index is -1.20. The van der Waals surface area contributed by atoms with E-state index in [-0.39, 0.29) is 0 Å². The van der Waals surface area contributed by atoms with Gasteiger partial charge >= 0.3 is 84.6 Å². The molecule has 0 aliphatic carbocycles. The first-order valence-corrected chi connectivity index (χ1v) is 12.0. The Morgan fingerprint density at radius 2 is 1.23 bits per heavy atom. The summed E-state index contributed by atoms with van der Waals surface area (Å²) in [5.41, 5.74) is 6.01. The maximum atomic E-state index is 6.01. The van der Waals surface area contributed by atoms with Crippen LogP contribution < -0.4 is 5.73 Å². The standard InChI is InChI=1S/C11H23GeN/c13-11-5-3-9-12(10-4-6-11)7-1-2-8-12/h11H,1-10,13H2. The molecule has 0 atom stereocenters. The normalized spacial score (nSPS) is 30.2. The van der Waals surface area contributed by atoms with Crippen molar-refractivity contribution in [3.63, 3.8) is 0 Å². The van der Waals surface area contributed by atoms with Crippen molar-refractivity contribution >= 4 is 13.3 Å². The second-order valence-corrected chi connectivity index (χ2v) is 15.7. The summed E-state index contributed by atoms with van der Waals surface area (Å²) in [4.78, 5) is 0. The summed E-state index contributed by atoms with van der Waals surface area (Å²) in [6.45, 7) is 0. The first-order chi connectivity index (χ1) is 6.31. The van der Waals surface area contributed by atoms with Crippen LogP contribution in [0.2, 0.25) is 21.0 Å². The Hall–Kier alpha value is 0.503. The van der Waals surface area contributed by atoms with Crippen LogP contribution in [0.5, 0.6) is 0 Å². The summed E-state index contributed by atoms with van der Waals surface area (Å²) in [5.74, 6) is 0. The van der Waals surface area contributed by atoms with Crippen molar-refractivity contribution in [1.29, 1.82) is 0 Å². The van der Waals surface area contributed by atoms with Crippen LogP contribution in [0, 0.1) is 0 Å². The zero-order valence-electron chi connectivity index (χ0n) is 8.73. The van der Waals surface area contributed by atoms with Gasteiger partial charge in [0.1, 0.15) is 0 Å². The van der Waals surface area contributed by atoms with Crippen molar-refractivity contribution in [1.82, 2.24) is 0 Å². The Balaban J connectivity index is 1.90. The molecule has 0 aromatic carbocycles. The van der Waals surface area contributed by atoms with E-state index in [4.69, 9.17) is 5.73 Å². The van der Waals surface area contributed by atoms with E-state index in [2.05, 4.69) is 0 Å². The van der Waals surface area contributed by atoms with Crippen molar-refractivity contribution < 1.29 is 0 Å². The molecular formula is C11H23GeN. The Kier molecular flexibility index (Phi) is 3.36. The molecule has 0 saturated carbocycles. The van der Waals surface area contributed by atoms with Crippen molar-refractivity contribution in [3.05, 3.63) is 0 Å². The molecule has 2 heteroatoms. The molecule has 13 heavy (non-hydrogen) atoms. The van der Waals surface area contributed by atoms with Gasteiger partial charge < -0.3 is 0 Å². The van der Waals surface area contributed by atoms with Crippen LogP contribution in [-0.4, -0.2) is 19.3 Å². The molecule has 0 bridgehead atoms. The molecule has 2 aliphatic rings. The van der Waals surface area contributed by atoms with Crippen LogP contribution in [0.15, 0.2) is 0 Å². The van der Waals surface area contributed by atoms with Gasteiger partial charge in [0.25, 0.3) is 0 Å².